The molecule has 0 aliphatic carbocycles. The van der Waals surface area contributed by atoms with Gasteiger partial charge in [0.2, 0.25) is 0 Å². The van der Waals surface area contributed by atoms with Gasteiger partial charge in [-0.1, -0.05) is 12.1 Å². The topological polar surface area (TPSA) is 79.7 Å². The third-order valence-corrected chi connectivity index (χ3v) is 3.69. The van der Waals surface area contributed by atoms with Crippen LogP contribution in [0.5, 0.6) is 11.5 Å². The van der Waals surface area contributed by atoms with Crippen molar-refractivity contribution in [1.29, 1.82) is 0 Å². The molecule has 0 saturated carbocycles. The lowest BCUT2D eigenvalue weighted by Crippen LogP contribution is -2.33. The van der Waals surface area contributed by atoms with E-state index in [2.05, 4.69) is 4.98 Å². The molecule has 0 spiro atoms. The van der Waals surface area contributed by atoms with Crippen molar-refractivity contribution >= 4 is 16.9 Å². The Balaban J connectivity index is 1.99. The number of aromatic nitrogens is 2. The number of carbonyl (C=O) groups is 1. The zero-order valence-electron chi connectivity index (χ0n) is 14.0. The van der Waals surface area contributed by atoms with Gasteiger partial charge in [0.25, 0.3) is 5.56 Å². The number of nitrogens with zero attached hydrogens (tertiary/aromatic N) is 2. The predicted octanol–water partition coefficient (Wildman–Crippen LogP) is 1.99. The summed E-state index contributed by atoms with van der Waals surface area (Å²) in [7, 11) is 2.97. The number of ether oxygens (including phenoxy) is 2. The Morgan fingerprint density at radius 1 is 1.04 bits per heavy atom. The van der Waals surface area contributed by atoms with Crippen molar-refractivity contribution < 1.29 is 19.1 Å². The second-order valence-electron chi connectivity index (χ2n) is 5.22. The molecule has 0 amide bonds. The van der Waals surface area contributed by atoms with Gasteiger partial charge < -0.3 is 14.3 Å². The first-order valence-corrected chi connectivity index (χ1v) is 7.48. The van der Waals surface area contributed by atoms with Gasteiger partial charge in [-0.25, -0.2) is 9.78 Å². The maximum atomic E-state index is 12.5. The number of fused-ring (bicyclic) bond motifs is 1. The van der Waals surface area contributed by atoms with E-state index >= 15 is 0 Å². The first kappa shape index (κ1) is 16.5. The average Bonchev–Trinajstić information content (AvgIpc) is 2.64. The summed E-state index contributed by atoms with van der Waals surface area (Å²) in [5.74, 6) is 0.443. The van der Waals surface area contributed by atoms with E-state index in [9.17, 15) is 9.59 Å². The number of hydrogen-bond acceptors (Lipinski definition) is 6. The summed E-state index contributed by atoms with van der Waals surface area (Å²) in [6.45, 7) is 1.59. The van der Waals surface area contributed by atoms with Crippen LogP contribution in [0.25, 0.3) is 10.9 Å². The molecule has 0 fully saturated rings. The zero-order chi connectivity index (χ0) is 18.0. The van der Waals surface area contributed by atoms with Crippen molar-refractivity contribution in [2.24, 2.45) is 0 Å². The Kier molecular flexibility index (Phi) is 4.38. The third-order valence-electron chi connectivity index (χ3n) is 3.69. The Morgan fingerprint density at radius 3 is 2.48 bits per heavy atom. The molecular weight excluding hydrogens is 324 g/mol. The molecule has 2 aromatic carbocycles. The van der Waals surface area contributed by atoms with Crippen molar-refractivity contribution in [2.45, 2.75) is 6.92 Å². The highest BCUT2D eigenvalue weighted by Gasteiger charge is 2.16. The maximum Gasteiger partial charge on any atom is 0.363 e. The highest BCUT2D eigenvalue weighted by molar-refractivity contribution is 5.90. The molecule has 7 heteroatoms. The van der Waals surface area contributed by atoms with Crippen LogP contribution < -0.4 is 19.9 Å². The van der Waals surface area contributed by atoms with Crippen molar-refractivity contribution in [2.75, 3.05) is 14.2 Å². The molecule has 0 bridgehead atoms. The summed E-state index contributed by atoms with van der Waals surface area (Å²) < 4.78 is 11.2. The maximum absolute atomic E-state index is 12.5. The van der Waals surface area contributed by atoms with E-state index in [-0.39, 0.29) is 11.4 Å². The standard InChI is InChI=1S/C18H16N2O5/c1-11-19-14-7-5-4-6-13(14)17(21)20(11)25-18(22)12-8-9-15(23-2)16(10-12)24-3/h4-10H,1-3H3. The van der Waals surface area contributed by atoms with Crippen molar-refractivity contribution in [3.05, 3.63) is 64.2 Å². The lowest BCUT2D eigenvalue weighted by molar-refractivity contribution is 0.0427. The fourth-order valence-electron chi connectivity index (χ4n) is 2.43. The summed E-state index contributed by atoms with van der Waals surface area (Å²) >= 11 is 0. The number of carbonyl (C=O) groups excluding carboxylic acids is 1. The van der Waals surface area contributed by atoms with Crippen molar-refractivity contribution in [3.63, 3.8) is 0 Å². The number of rotatable bonds is 4. The summed E-state index contributed by atoms with van der Waals surface area (Å²) in [4.78, 5) is 34.5. The molecule has 0 unspecified atom stereocenters. The summed E-state index contributed by atoms with van der Waals surface area (Å²) in [5, 5.41) is 0.369. The minimum absolute atomic E-state index is 0.220. The molecule has 0 atom stereocenters. The fraction of sp³-hybridized carbons (Fsp3) is 0.167. The minimum Gasteiger partial charge on any atom is -0.493 e. The van der Waals surface area contributed by atoms with Crippen LogP contribution in [0.4, 0.5) is 0 Å². The number of benzene rings is 2. The van der Waals surface area contributed by atoms with Gasteiger partial charge in [0.15, 0.2) is 11.5 Å². The molecule has 1 heterocycles. The summed E-state index contributed by atoms with van der Waals surface area (Å²) in [6.07, 6.45) is 0. The molecule has 3 rings (SSSR count). The minimum atomic E-state index is -0.705. The predicted molar refractivity (Wildman–Crippen MR) is 91.2 cm³/mol. The van der Waals surface area contributed by atoms with Gasteiger partial charge in [0, 0.05) is 0 Å². The fourth-order valence-corrected chi connectivity index (χ4v) is 2.43. The number of hydrogen-bond donors (Lipinski definition) is 0. The second kappa shape index (κ2) is 6.64. The monoisotopic (exact) mass is 340 g/mol. The van der Waals surface area contributed by atoms with Crippen LogP contribution >= 0.6 is 0 Å². The number of para-hydroxylation sites is 1. The molecule has 128 valence electrons. The molecule has 0 aliphatic rings. The molecular formula is C18H16N2O5. The van der Waals surface area contributed by atoms with Crippen molar-refractivity contribution in [1.82, 2.24) is 9.71 Å². The lowest BCUT2D eigenvalue weighted by Gasteiger charge is -2.12. The van der Waals surface area contributed by atoms with Crippen LogP contribution in [-0.4, -0.2) is 29.9 Å². The van der Waals surface area contributed by atoms with E-state index in [0.717, 1.165) is 4.73 Å². The Hall–Kier alpha value is -3.35. The van der Waals surface area contributed by atoms with Gasteiger partial charge in [0.05, 0.1) is 30.7 Å². The van der Waals surface area contributed by atoms with E-state index in [1.807, 2.05) is 0 Å². The highest BCUT2D eigenvalue weighted by atomic mass is 16.7. The molecule has 0 N–H and O–H groups in total. The van der Waals surface area contributed by atoms with Gasteiger partial charge in [0.1, 0.15) is 5.82 Å². The van der Waals surface area contributed by atoms with E-state index in [1.54, 1.807) is 37.3 Å². The number of methoxy groups -OCH3 is 2. The van der Waals surface area contributed by atoms with E-state index in [1.165, 1.54) is 26.4 Å². The molecule has 3 aromatic rings. The molecule has 1 aromatic heterocycles. The highest BCUT2D eigenvalue weighted by Crippen LogP contribution is 2.27. The Morgan fingerprint density at radius 2 is 1.76 bits per heavy atom. The average molecular weight is 340 g/mol. The normalized spacial score (nSPS) is 10.5. The zero-order valence-corrected chi connectivity index (χ0v) is 14.0. The van der Waals surface area contributed by atoms with E-state index in [0.29, 0.717) is 22.4 Å². The van der Waals surface area contributed by atoms with Gasteiger partial charge >= 0.3 is 5.97 Å². The molecule has 7 nitrogen and oxygen atoms in total. The summed E-state index contributed by atoms with van der Waals surface area (Å²) in [5.41, 5.74) is 0.317. The smallest absolute Gasteiger partial charge is 0.363 e. The van der Waals surface area contributed by atoms with Crippen LogP contribution in [-0.2, 0) is 0 Å². The Bertz CT molecular complexity index is 1010. The van der Waals surface area contributed by atoms with Crippen LogP contribution in [0.2, 0.25) is 0 Å². The number of aryl methyl sites for hydroxylation is 1. The van der Waals surface area contributed by atoms with Gasteiger partial charge in [-0.2, -0.15) is 0 Å². The first-order chi connectivity index (χ1) is 12.0. The van der Waals surface area contributed by atoms with Gasteiger partial charge in [-0.3, -0.25) is 4.79 Å². The van der Waals surface area contributed by atoms with Crippen molar-refractivity contribution in [3.8, 4) is 11.5 Å². The molecule has 25 heavy (non-hydrogen) atoms. The molecule has 0 radical (unpaired) electrons. The lowest BCUT2D eigenvalue weighted by atomic mass is 10.2. The second-order valence-corrected chi connectivity index (χ2v) is 5.22. The van der Waals surface area contributed by atoms with E-state index in [4.69, 9.17) is 14.3 Å². The van der Waals surface area contributed by atoms with Gasteiger partial charge in [-0.15, -0.1) is 4.73 Å². The Labute approximate surface area is 143 Å². The SMILES string of the molecule is COc1ccc(C(=O)On2c(C)nc3ccccc3c2=O)cc1OC. The van der Waals surface area contributed by atoms with E-state index < -0.39 is 11.5 Å². The quantitative estimate of drug-likeness (QED) is 0.723. The first-order valence-electron chi connectivity index (χ1n) is 7.48. The van der Waals surface area contributed by atoms with Crippen LogP contribution in [0.15, 0.2) is 47.3 Å². The van der Waals surface area contributed by atoms with Crippen LogP contribution in [0.1, 0.15) is 16.2 Å². The molecule has 0 saturated heterocycles. The van der Waals surface area contributed by atoms with Crippen LogP contribution in [0.3, 0.4) is 0 Å². The largest absolute Gasteiger partial charge is 0.493 e. The third kappa shape index (κ3) is 3.03. The summed E-state index contributed by atoms with van der Waals surface area (Å²) in [6, 6.07) is 11.5. The van der Waals surface area contributed by atoms with Gasteiger partial charge in [-0.05, 0) is 37.3 Å². The molecule has 0 aliphatic heterocycles. The van der Waals surface area contributed by atoms with Crippen LogP contribution in [0, 0.1) is 6.92 Å².